The minimum Gasteiger partial charge on any atom is -0.123 e. The molecule has 1 aromatic rings. The first-order valence-corrected chi connectivity index (χ1v) is 9.16. The zero-order valence-electron chi connectivity index (χ0n) is 13.7. The minimum atomic E-state index is 0.185. The van der Waals surface area contributed by atoms with Crippen LogP contribution in [0, 0.1) is 11.8 Å². The van der Waals surface area contributed by atoms with Crippen LogP contribution >= 0.6 is 11.6 Å². The van der Waals surface area contributed by atoms with E-state index in [1.165, 1.54) is 44.1 Å². The van der Waals surface area contributed by atoms with E-state index in [0.29, 0.717) is 11.3 Å². The van der Waals surface area contributed by atoms with Gasteiger partial charge in [0.25, 0.3) is 0 Å². The third-order valence-corrected chi connectivity index (χ3v) is 6.68. The minimum absolute atomic E-state index is 0.185. The summed E-state index contributed by atoms with van der Waals surface area (Å²) in [6.45, 7) is 7.12. The first kappa shape index (κ1) is 15.4. The van der Waals surface area contributed by atoms with Crippen LogP contribution < -0.4 is 0 Å². The predicted molar refractivity (Wildman–Crippen MR) is 92.2 cm³/mol. The van der Waals surface area contributed by atoms with Gasteiger partial charge in [-0.3, -0.25) is 0 Å². The largest absolute Gasteiger partial charge is 0.123 e. The van der Waals surface area contributed by atoms with Crippen LogP contribution in [0.25, 0.3) is 0 Å². The maximum atomic E-state index is 6.73. The quantitative estimate of drug-likeness (QED) is 0.577. The van der Waals surface area contributed by atoms with Crippen molar-refractivity contribution in [3.8, 4) is 0 Å². The van der Waals surface area contributed by atoms with Crippen LogP contribution in [0.5, 0.6) is 0 Å². The van der Waals surface area contributed by atoms with Crippen molar-refractivity contribution in [1.29, 1.82) is 0 Å². The topological polar surface area (TPSA) is 0 Å². The van der Waals surface area contributed by atoms with Crippen molar-refractivity contribution in [3.63, 3.8) is 0 Å². The maximum absolute atomic E-state index is 6.73. The second-order valence-corrected chi connectivity index (χ2v) is 8.57. The lowest BCUT2D eigenvalue weighted by atomic mass is 9.65. The van der Waals surface area contributed by atoms with Crippen LogP contribution in [0.15, 0.2) is 24.3 Å². The molecule has 0 nitrogen and oxygen atoms in total. The van der Waals surface area contributed by atoms with Crippen molar-refractivity contribution in [2.45, 2.75) is 76.0 Å². The molecule has 0 aromatic heterocycles. The molecule has 0 bridgehead atoms. The second kappa shape index (κ2) is 5.95. The molecule has 3 unspecified atom stereocenters. The molecular weight excluding hydrogens is 276 g/mol. The smallest absolute Gasteiger partial charge is 0.0375 e. The fourth-order valence-corrected chi connectivity index (χ4v) is 5.01. The van der Waals surface area contributed by atoms with Gasteiger partial charge in [0.05, 0.1) is 0 Å². The van der Waals surface area contributed by atoms with E-state index in [4.69, 9.17) is 11.6 Å². The Morgan fingerprint density at radius 1 is 1.00 bits per heavy atom. The zero-order chi connectivity index (χ0) is 15.0. The van der Waals surface area contributed by atoms with Gasteiger partial charge in [0, 0.05) is 5.38 Å². The van der Waals surface area contributed by atoms with Crippen LogP contribution in [-0.2, 0) is 5.41 Å². The van der Waals surface area contributed by atoms with Crippen LogP contribution in [0.3, 0.4) is 0 Å². The molecule has 2 aliphatic carbocycles. The van der Waals surface area contributed by atoms with Gasteiger partial charge in [-0.15, -0.1) is 11.6 Å². The molecule has 0 aliphatic heterocycles. The molecule has 2 aliphatic rings. The molecule has 0 heterocycles. The van der Waals surface area contributed by atoms with Crippen LogP contribution in [0.2, 0.25) is 0 Å². The Kier molecular flexibility index (Phi) is 4.37. The Labute approximate surface area is 135 Å². The van der Waals surface area contributed by atoms with E-state index < -0.39 is 0 Å². The number of rotatable bonds is 3. The van der Waals surface area contributed by atoms with E-state index in [2.05, 4.69) is 45.0 Å². The molecule has 0 N–H and O–H groups in total. The van der Waals surface area contributed by atoms with Gasteiger partial charge in [0.2, 0.25) is 0 Å². The normalized spacial score (nSPS) is 31.0. The molecule has 3 atom stereocenters. The number of hydrogen-bond acceptors (Lipinski definition) is 0. The van der Waals surface area contributed by atoms with Gasteiger partial charge in [-0.1, -0.05) is 57.9 Å². The van der Waals surface area contributed by atoms with Gasteiger partial charge in [-0.2, -0.15) is 0 Å². The summed E-state index contributed by atoms with van der Waals surface area (Å²) in [5, 5.41) is 0.329. The second-order valence-electron chi connectivity index (χ2n) is 8.01. The lowest BCUT2D eigenvalue weighted by Gasteiger charge is -2.42. The van der Waals surface area contributed by atoms with Crippen LogP contribution in [-0.4, -0.2) is 5.38 Å². The molecule has 2 fully saturated rings. The fraction of sp³-hybridized carbons (Fsp3) is 0.700. The average molecular weight is 305 g/mol. The Balaban J connectivity index is 1.77. The third-order valence-electron chi connectivity index (χ3n) is 6.19. The van der Waals surface area contributed by atoms with Crippen molar-refractivity contribution in [3.05, 3.63) is 35.4 Å². The SMILES string of the molecule is CC1CCC(C(C)(C)c2ccc(C3CCC3)cc2)C(Cl)C1. The number of alkyl halides is 1. The van der Waals surface area contributed by atoms with Crippen molar-refractivity contribution in [1.82, 2.24) is 0 Å². The molecule has 1 heteroatoms. The van der Waals surface area contributed by atoms with Gasteiger partial charge in [-0.25, -0.2) is 0 Å². The highest BCUT2D eigenvalue weighted by molar-refractivity contribution is 6.20. The summed E-state index contributed by atoms with van der Waals surface area (Å²) in [7, 11) is 0. The van der Waals surface area contributed by atoms with Gasteiger partial charge < -0.3 is 0 Å². The van der Waals surface area contributed by atoms with Crippen molar-refractivity contribution < 1.29 is 0 Å². The zero-order valence-corrected chi connectivity index (χ0v) is 14.5. The highest BCUT2D eigenvalue weighted by Crippen LogP contribution is 2.45. The summed E-state index contributed by atoms with van der Waals surface area (Å²) in [5.74, 6) is 2.23. The molecule has 0 amide bonds. The van der Waals surface area contributed by atoms with E-state index in [1.54, 1.807) is 5.56 Å². The molecule has 116 valence electrons. The Hall–Kier alpha value is -0.490. The van der Waals surface area contributed by atoms with Gasteiger partial charge in [0.15, 0.2) is 0 Å². The molecule has 3 rings (SSSR count). The molecule has 0 radical (unpaired) electrons. The summed E-state index contributed by atoms with van der Waals surface area (Å²) in [5.41, 5.74) is 3.20. The third kappa shape index (κ3) is 3.02. The highest BCUT2D eigenvalue weighted by atomic mass is 35.5. The average Bonchev–Trinajstić information content (AvgIpc) is 2.37. The van der Waals surface area contributed by atoms with Crippen molar-refractivity contribution >= 4 is 11.6 Å². The number of benzene rings is 1. The number of hydrogen-bond donors (Lipinski definition) is 0. The highest BCUT2D eigenvalue weighted by Gasteiger charge is 2.39. The van der Waals surface area contributed by atoms with Crippen molar-refractivity contribution in [2.24, 2.45) is 11.8 Å². The first-order valence-electron chi connectivity index (χ1n) is 8.73. The molecule has 2 saturated carbocycles. The van der Waals surface area contributed by atoms with Gasteiger partial charge in [-0.05, 0) is 60.0 Å². The van der Waals surface area contributed by atoms with E-state index in [9.17, 15) is 0 Å². The van der Waals surface area contributed by atoms with Crippen LogP contribution in [0.4, 0.5) is 0 Å². The summed E-state index contributed by atoms with van der Waals surface area (Å²) in [6.07, 6.45) is 7.95. The van der Waals surface area contributed by atoms with E-state index >= 15 is 0 Å². The predicted octanol–water partition coefficient (Wildman–Crippen LogP) is 6.28. The lowest BCUT2D eigenvalue weighted by Crippen LogP contribution is -2.38. The molecular formula is C20H29Cl. The van der Waals surface area contributed by atoms with E-state index in [-0.39, 0.29) is 5.41 Å². The van der Waals surface area contributed by atoms with Crippen molar-refractivity contribution in [2.75, 3.05) is 0 Å². The molecule has 0 saturated heterocycles. The summed E-state index contributed by atoms with van der Waals surface area (Å²) in [6, 6.07) is 9.48. The van der Waals surface area contributed by atoms with E-state index in [0.717, 1.165) is 11.8 Å². The van der Waals surface area contributed by atoms with Gasteiger partial charge in [0.1, 0.15) is 0 Å². The Bertz CT molecular complexity index is 469. The Morgan fingerprint density at radius 3 is 2.19 bits per heavy atom. The fourth-order valence-electron chi connectivity index (χ4n) is 4.26. The summed E-state index contributed by atoms with van der Waals surface area (Å²) >= 11 is 6.73. The monoisotopic (exact) mass is 304 g/mol. The van der Waals surface area contributed by atoms with E-state index in [1.807, 2.05) is 0 Å². The molecule has 1 aromatic carbocycles. The lowest BCUT2D eigenvalue weighted by molar-refractivity contribution is 0.207. The van der Waals surface area contributed by atoms with Gasteiger partial charge >= 0.3 is 0 Å². The Morgan fingerprint density at radius 2 is 1.67 bits per heavy atom. The van der Waals surface area contributed by atoms with Crippen LogP contribution in [0.1, 0.15) is 76.3 Å². The number of halogens is 1. The summed E-state index contributed by atoms with van der Waals surface area (Å²) < 4.78 is 0. The first-order chi connectivity index (χ1) is 9.98. The molecule has 21 heavy (non-hydrogen) atoms. The maximum Gasteiger partial charge on any atom is 0.0375 e. The standard InChI is InChI=1S/C20H29Cl/c1-14-7-12-18(19(21)13-14)20(2,3)17-10-8-16(9-11-17)15-5-4-6-15/h8-11,14-15,18-19H,4-7,12-13H2,1-3H3. The summed E-state index contributed by atoms with van der Waals surface area (Å²) in [4.78, 5) is 0. The molecule has 0 spiro atoms.